The zero-order valence-corrected chi connectivity index (χ0v) is 14.2. The molecule has 4 aromatic rings. The summed E-state index contributed by atoms with van der Waals surface area (Å²) >= 11 is 0. The van der Waals surface area contributed by atoms with E-state index in [1.54, 1.807) is 42.3 Å². The van der Waals surface area contributed by atoms with Crippen molar-refractivity contribution in [3.8, 4) is 0 Å². The highest BCUT2D eigenvalue weighted by Gasteiger charge is 2.15. The highest BCUT2D eigenvalue weighted by Crippen LogP contribution is 2.22. The molecule has 0 saturated carbocycles. The zero-order valence-electron chi connectivity index (χ0n) is 14.2. The van der Waals surface area contributed by atoms with Crippen LogP contribution in [0, 0.1) is 5.82 Å². The molecule has 0 spiro atoms. The van der Waals surface area contributed by atoms with Crippen LogP contribution in [-0.2, 0) is 13.6 Å². The monoisotopic (exact) mass is 348 g/mol. The first kappa shape index (κ1) is 16.1. The Hall–Kier alpha value is -3.41. The van der Waals surface area contributed by atoms with E-state index in [1.807, 2.05) is 35.0 Å². The first-order valence-electron chi connectivity index (χ1n) is 8.22. The average molecular weight is 348 g/mol. The van der Waals surface area contributed by atoms with E-state index in [-0.39, 0.29) is 11.7 Å². The first-order chi connectivity index (χ1) is 12.6. The molecule has 0 unspecified atom stereocenters. The standard InChI is InChI=1S/C20H17FN4O/c1-24-18-7-3-6-17(21)16(18)11-19(24)20(26)23-15-5-2-4-14(10-15)12-25-9-8-22-13-25/h2-11,13H,12H2,1H3,(H,23,26). The largest absolute Gasteiger partial charge is 0.340 e. The molecule has 26 heavy (non-hydrogen) atoms. The molecule has 0 fully saturated rings. The van der Waals surface area contributed by atoms with Gasteiger partial charge in [0.1, 0.15) is 11.5 Å². The van der Waals surface area contributed by atoms with E-state index in [2.05, 4.69) is 10.3 Å². The van der Waals surface area contributed by atoms with E-state index in [9.17, 15) is 9.18 Å². The molecule has 2 aromatic heterocycles. The number of hydrogen-bond donors (Lipinski definition) is 1. The number of fused-ring (bicyclic) bond motifs is 1. The van der Waals surface area contributed by atoms with Gasteiger partial charge in [0.2, 0.25) is 0 Å². The number of nitrogens with zero attached hydrogens (tertiary/aromatic N) is 3. The fraction of sp³-hybridized carbons (Fsp3) is 0.100. The van der Waals surface area contributed by atoms with Gasteiger partial charge in [-0.3, -0.25) is 4.79 Å². The minimum Gasteiger partial charge on any atom is -0.340 e. The Bertz CT molecular complexity index is 1080. The normalized spacial score (nSPS) is 11.0. The number of aromatic nitrogens is 3. The topological polar surface area (TPSA) is 51.9 Å². The molecule has 0 aliphatic heterocycles. The van der Waals surface area contributed by atoms with Crippen LogP contribution in [0.4, 0.5) is 10.1 Å². The molecule has 0 aliphatic carbocycles. The van der Waals surface area contributed by atoms with Crippen LogP contribution in [0.2, 0.25) is 0 Å². The second kappa shape index (κ2) is 6.48. The minimum absolute atomic E-state index is 0.275. The molecule has 5 nitrogen and oxygen atoms in total. The van der Waals surface area contributed by atoms with Crippen LogP contribution in [0.1, 0.15) is 16.1 Å². The summed E-state index contributed by atoms with van der Waals surface area (Å²) in [6, 6.07) is 14.0. The third-order valence-electron chi connectivity index (χ3n) is 4.38. The fourth-order valence-corrected chi connectivity index (χ4v) is 3.08. The summed E-state index contributed by atoms with van der Waals surface area (Å²) in [4.78, 5) is 16.7. The number of carbonyl (C=O) groups excluding carboxylic acids is 1. The molecule has 0 atom stereocenters. The lowest BCUT2D eigenvalue weighted by atomic mass is 10.2. The van der Waals surface area contributed by atoms with Gasteiger partial charge in [-0.15, -0.1) is 0 Å². The Balaban J connectivity index is 1.59. The summed E-state index contributed by atoms with van der Waals surface area (Å²) in [5, 5.41) is 3.33. The van der Waals surface area contributed by atoms with E-state index in [4.69, 9.17) is 0 Å². The third kappa shape index (κ3) is 2.97. The second-order valence-electron chi connectivity index (χ2n) is 6.15. The predicted octanol–water partition coefficient (Wildman–Crippen LogP) is 3.81. The van der Waals surface area contributed by atoms with E-state index < -0.39 is 0 Å². The fourth-order valence-electron chi connectivity index (χ4n) is 3.08. The molecule has 1 N–H and O–H groups in total. The molecule has 6 heteroatoms. The lowest BCUT2D eigenvalue weighted by Gasteiger charge is -2.09. The summed E-state index contributed by atoms with van der Waals surface area (Å²) in [5.41, 5.74) is 2.83. The van der Waals surface area contributed by atoms with Crippen molar-refractivity contribution >= 4 is 22.5 Å². The van der Waals surface area contributed by atoms with Gasteiger partial charge in [-0.25, -0.2) is 9.37 Å². The summed E-state index contributed by atoms with van der Waals surface area (Å²) < 4.78 is 17.6. The molecular formula is C20H17FN4O. The molecule has 0 aliphatic rings. The lowest BCUT2D eigenvalue weighted by molar-refractivity contribution is 0.102. The number of halogens is 1. The Morgan fingerprint density at radius 1 is 1.19 bits per heavy atom. The van der Waals surface area contributed by atoms with Gasteiger partial charge in [-0.05, 0) is 35.9 Å². The van der Waals surface area contributed by atoms with Crippen LogP contribution < -0.4 is 5.32 Å². The van der Waals surface area contributed by atoms with Gasteiger partial charge >= 0.3 is 0 Å². The molecule has 2 heterocycles. The summed E-state index contributed by atoms with van der Waals surface area (Å²) in [6.07, 6.45) is 5.36. The minimum atomic E-state index is -0.334. The van der Waals surface area contributed by atoms with Crippen molar-refractivity contribution in [1.29, 1.82) is 0 Å². The van der Waals surface area contributed by atoms with Crippen LogP contribution in [0.25, 0.3) is 10.9 Å². The number of hydrogen-bond acceptors (Lipinski definition) is 2. The van der Waals surface area contributed by atoms with Gasteiger partial charge < -0.3 is 14.5 Å². The predicted molar refractivity (Wildman–Crippen MR) is 98.6 cm³/mol. The van der Waals surface area contributed by atoms with Crippen LogP contribution in [0.3, 0.4) is 0 Å². The number of aryl methyl sites for hydroxylation is 1. The average Bonchev–Trinajstić information content (AvgIpc) is 3.24. The molecular weight excluding hydrogens is 331 g/mol. The van der Waals surface area contributed by atoms with Crippen molar-refractivity contribution in [2.45, 2.75) is 6.54 Å². The van der Waals surface area contributed by atoms with E-state index in [0.29, 0.717) is 28.8 Å². The van der Waals surface area contributed by atoms with Gasteiger partial charge in [0, 0.05) is 37.1 Å². The van der Waals surface area contributed by atoms with Crippen molar-refractivity contribution in [2.75, 3.05) is 5.32 Å². The van der Waals surface area contributed by atoms with Crippen molar-refractivity contribution in [2.24, 2.45) is 7.05 Å². The van der Waals surface area contributed by atoms with Gasteiger partial charge in [-0.1, -0.05) is 18.2 Å². The molecule has 0 radical (unpaired) electrons. The first-order valence-corrected chi connectivity index (χ1v) is 8.22. The number of imidazole rings is 1. The highest BCUT2D eigenvalue weighted by molar-refractivity contribution is 6.06. The maximum atomic E-state index is 14.0. The zero-order chi connectivity index (χ0) is 18.1. The molecule has 4 rings (SSSR count). The number of benzene rings is 2. The Morgan fingerprint density at radius 2 is 2.04 bits per heavy atom. The number of anilines is 1. The number of amides is 1. The maximum Gasteiger partial charge on any atom is 0.272 e. The smallest absolute Gasteiger partial charge is 0.272 e. The lowest BCUT2D eigenvalue weighted by Crippen LogP contribution is -2.15. The van der Waals surface area contributed by atoms with Crippen molar-refractivity contribution in [1.82, 2.24) is 14.1 Å². The van der Waals surface area contributed by atoms with Crippen molar-refractivity contribution in [3.05, 3.63) is 84.3 Å². The van der Waals surface area contributed by atoms with Crippen LogP contribution in [0.15, 0.2) is 67.3 Å². The molecule has 130 valence electrons. The van der Waals surface area contributed by atoms with Gasteiger partial charge in [-0.2, -0.15) is 0 Å². The van der Waals surface area contributed by atoms with Crippen LogP contribution in [0.5, 0.6) is 0 Å². The second-order valence-corrected chi connectivity index (χ2v) is 6.15. The molecule has 0 saturated heterocycles. The highest BCUT2D eigenvalue weighted by atomic mass is 19.1. The Labute approximate surface area is 149 Å². The quantitative estimate of drug-likeness (QED) is 0.610. The molecule has 2 aromatic carbocycles. The van der Waals surface area contributed by atoms with Crippen molar-refractivity contribution < 1.29 is 9.18 Å². The Morgan fingerprint density at radius 3 is 2.81 bits per heavy atom. The number of rotatable bonds is 4. The van der Waals surface area contributed by atoms with E-state index >= 15 is 0 Å². The number of carbonyl (C=O) groups is 1. The maximum absolute atomic E-state index is 14.0. The summed E-state index contributed by atoms with van der Waals surface area (Å²) in [5.74, 6) is -0.609. The summed E-state index contributed by atoms with van der Waals surface area (Å²) in [6.45, 7) is 0.670. The molecule has 1 amide bonds. The van der Waals surface area contributed by atoms with Gasteiger partial charge in [0.05, 0.1) is 11.8 Å². The van der Waals surface area contributed by atoms with Crippen LogP contribution >= 0.6 is 0 Å². The SMILES string of the molecule is Cn1c(C(=O)Nc2cccc(Cn3ccnc3)c2)cc2c(F)cccc21. The number of nitrogens with one attached hydrogen (secondary N) is 1. The molecule has 0 bridgehead atoms. The van der Waals surface area contributed by atoms with Gasteiger partial charge in [0.25, 0.3) is 5.91 Å². The summed E-state index contributed by atoms with van der Waals surface area (Å²) in [7, 11) is 1.76. The van der Waals surface area contributed by atoms with Crippen LogP contribution in [-0.4, -0.2) is 20.0 Å². The third-order valence-corrected chi connectivity index (χ3v) is 4.38. The Kier molecular flexibility index (Phi) is 4.01. The van der Waals surface area contributed by atoms with Gasteiger partial charge in [0.15, 0.2) is 0 Å². The van der Waals surface area contributed by atoms with Crippen molar-refractivity contribution in [3.63, 3.8) is 0 Å². The van der Waals surface area contributed by atoms with E-state index in [1.165, 1.54) is 6.07 Å². The van der Waals surface area contributed by atoms with E-state index in [0.717, 1.165) is 5.56 Å².